The van der Waals surface area contributed by atoms with Crippen molar-refractivity contribution >= 4 is 37.6 Å². The van der Waals surface area contributed by atoms with Crippen molar-refractivity contribution in [3.8, 4) is 5.75 Å². The predicted octanol–water partition coefficient (Wildman–Crippen LogP) is 7.38. The molecule has 278 valence electrons. The third-order valence-electron chi connectivity index (χ3n) is 12.6. The van der Waals surface area contributed by atoms with E-state index in [9.17, 15) is 9.90 Å². The van der Waals surface area contributed by atoms with E-state index < -0.39 is 15.6 Å². The van der Waals surface area contributed by atoms with Gasteiger partial charge < -0.3 is 19.5 Å². The molecule has 1 spiro atoms. The SMILES string of the molecule is COc1ccc(S(C)(C)C2C(CC[N+]3(C4CCCCCCCCC4)CC(CCO)NCN3)OC3(C(=O)N(C)c4c(Br)cc(C)cc43)C2C)cc1. The van der Waals surface area contributed by atoms with E-state index in [1.54, 1.807) is 7.11 Å². The van der Waals surface area contributed by atoms with Crippen molar-refractivity contribution in [1.82, 2.24) is 10.7 Å². The van der Waals surface area contributed by atoms with Crippen LogP contribution in [0.5, 0.6) is 5.75 Å². The van der Waals surface area contributed by atoms with Gasteiger partial charge in [-0.2, -0.15) is 5.43 Å². The topological polar surface area (TPSA) is 83.1 Å². The number of rotatable bonds is 9. The number of halogens is 1. The number of aliphatic hydroxyl groups excluding tert-OH is 1. The molecule has 1 aliphatic carbocycles. The van der Waals surface area contributed by atoms with Crippen LogP contribution in [0.2, 0.25) is 0 Å². The number of hydrogen-bond donors (Lipinski definition) is 3. The van der Waals surface area contributed by atoms with Gasteiger partial charge in [0.25, 0.3) is 5.91 Å². The third kappa shape index (κ3) is 7.04. The van der Waals surface area contributed by atoms with Gasteiger partial charge in [0.2, 0.25) is 0 Å². The Bertz CT molecular complexity index is 1480. The Labute approximate surface area is 311 Å². The third-order valence-corrected chi connectivity index (χ3v) is 16.8. The molecule has 0 bridgehead atoms. The lowest BCUT2D eigenvalue weighted by Crippen LogP contribution is -2.73. The molecule has 3 aliphatic heterocycles. The number of amides is 1. The van der Waals surface area contributed by atoms with Crippen LogP contribution in [0, 0.1) is 12.8 Å². The first kappa shape index (κ1) is 38.1. The number of fused-ring (bicyclic) bond motifs is 2. The average Bonchev–Trinajstić information content (AvgIpc) is 3.52. The summed E-state index contributed by atoms with van der Waals surface area (Å²) in [5, 5.41) is 13.8. The molecule has 6 rings (SSSR count). The van der Waals surface area contributed by atoms with Crippen molar-refractivity contribution < 1.29 is 24.0 Å². The van der Waals surface area contributed by atoms with Crippen LogP contribution in [0.4, 0.5) is 5.69 Å². The van der Waals surface area contributed by atoms with Gasteiger partial charge in [0.15, 0.2) is 5.60 Å². The van der Waals surface area contributed by atoms with Crippen LogP contribution in [0.3, 0.4) is 0 Å². The summed E-state index contributed by atoms with van der Waals surface area (Å²) in [6, 6.07) is 13.7. The van der Waals surface area contributed by atoms with Crippen molar-refractivity contribution in [2.75, 3.05) is 57.9 Å². The fraction of sp³-hybridized carbons (Fsp3) is 0.675. The molecule has 0 radical (unpaired) electrons. The fourth-order valence-corrected chi connectivity index (χ4v) is 14.2. The Balaban J connectivity index is 1.40. The Morgan fingerprint density at radius 3 is 2.36 bits per heavy atom. The normalized spacial score (nSPS) is 31.6. The lowest BCUT2D eigenvalue weighted by Gasteiger charge is -2.50. The van der Waals surface area contributed by atoms with Crippen molar-refractivity contribution in [1.29, 1.82) is 0 Å². The number of ether oxygens (including phenoxy) is 2. The van der Waals surface area contributed by atoms with Crippen LogP contribution in [0.15, 0.2) is 45.8 Å². The number of nitrogens with one attached hydrogen (secondary N) is 2. The van der Waals surface area contributed by atoms with E-state index in [4.69, 9.17) is 9.47 Å². The molecule has 4 aliphatic rings. The average molecular weight is 775 g/mol. The van der Waals surface area contributed by atoms with Crippen LogP contribution < -0.4 is 20.4 Å². The van der Waals surface area contributed by atoms with E-state index in [1.165, 1.54) is 62.7 Å². The Morgan fingerprint density at radius 1 is 1.06 bits per heavy atom. The van der Waals surface area contributed by atoms with Crippen LogP contribution in [-0.2, 0) is 15.1 Å². The van der Waals surface area contributed by atoms with Gasteiger partial charge in [0.05, 0.1) is 38.2 Å². The molecule has 10 heteroatoms. The second kappa shape index (κ2) is 15.7. The lowest BCUT2D eigenvalue weighted by molar-refractivity contribution is -0.998. The van der Waals surface area contributed by atoms with E-state index in [0.29, 0.717) is 6.04 Å². The number of benzene rings is 2. The maximum Gasteiger partial charge on any atom is 0.264 e. The molecule has 8 nitrogen and oxygen atoms in total. The number of nitrogens with zero attached hydrogens (tertiary/aromatic N) is 2. The van der Waals surface area contributed by atoms with Gasteiger partial charge in [-0.15, -0.1) is 0 Å². The molecule has 2 saturated heterocycles. The first-order valence-electron chi connectivity index (χ1n) is 19.1. The summed E-state index contributed by atoms with van der Waals surface area (Å²) in [6.07, 6.45) is 18.0. The quantitative estimate of drug-likeness (QED) is 0.231. The van der Waals surface area contributed by atoms with Crippen molar-refractivity contribution in [2.24, 2.45) is 5.92 Å². The van der Waals surface area contributed by atoms with Crippen LogP contribution >= 0.6 is 26.0 Å². The second-order valence-corrected chi connectivity index (χ2v) is 20.6. The van der Waals surface area contributed by atoms with Gasteiger partial charge >= 0.3 is 0 Å². The number of carbonyl (C=O) groups excluding carboxylic acids is 1. The Morgan fingerprint density at radius 2 is 1.72 bits per heavy atom. The van der Waals surface area contributed by atoms with Crippen LogP contribution in [0.25, 0.3) is 0 Å². The van der Waals surface area contributed by atoms with Gasteiger partial charge in [0.1, 0.15) is 18.3 Å². The van der Waals surface area contributed by atoms with Gasteiger partial charge in [-0.1, -0.05) is 45.1 Å². The highest BCUT2D eigenvalue weighted by molar-refractivity contribution is 9.10. The summed E-state index contributed by atoms with van der Waals surface area (Å²) in [5.74, 6) is 0.863. The van der Waals surface area contributed by atoms with Crippen molar-refractivity contribution in [2.45, 2.75) is 118 Å². The molecule has 2 aromatic rings. The summed E-state index contributed by atoms with van der Waals surface area (Å²) in [5.41, 5.74) is 6.03. The Hall–Kier alpha value is -1.66. The van der Waals surface area contributed by atoms with Crippen molar-refractivity contribution in [3.05, 3.63) is 52.0 Å². The number of carbonyl (C=O) groups is 1. The summed E-state index contributed by atoms with van der Waals surface area (Å²) in [6.45, 7) is 7.21. The number of quaternary nitrogens is 1. The molecular formula is C40H62BrN4O4S+. The first-order valence-corrected chi connectivity index (χ1v) is 22.4. The molecule has 2 aromatic carbocycles. The monoisotopic (exact) mass is 773 g/mol. The summed E-state index contributed by atoms with van der Waals surface area (Å²) in [7, 11) is 2.16. The predicted molar refractivity (Wildman–Crippen MR) is 209 cm³/mol. The largest absolute Gasteiger partial charge is 0.497 e. The molecule has 0 aromatic heterocycles. The lowest BCUT2D eigenvalue weighted by atomic mass is 9.82. The zero-order chi connectivity index (χ0) is 35.7. The number of likely N-dealkylation sites (N-methyl/N-ethyl adjacent to an activating group) is 1. The zero-order valence-corrected chi connectivity index (χ0v) is 33.7. The number of anilines is 1. The Kier molecular flexibility index (Phi) is 12.0. The van der Waals surface area contributed by atoms with E-state index in [1.807, 2.05) is 11.9 Å². The zero-order valence-electron chi connectivity index (χ0n) is 31.3. The molecule has 50 heavy (non-hydrogen) atoms. The summed E-state index contributed by atoms with van der Waals surface area (Å²) < 4.78 is 14.8. The van der Waals surface area contributed by atoms with E-state index >= 15 is 0 Å². The standard InChI is InChI=1S/C40H62BrN4O4S/c1-28-24-34-37(35(41)25-28)44(3)39(47)40(34)29(2)38(50(5,6)33-18-16-32(48-4)17-19-33)36(49-40)20-22-45(26-30(21-23-46)42-27-43-45)31-14-12-10-8-7-9-11-13-15-31/h16-19,24-25,29-31,36,38,42-43,46H,7-15,20-23,26-27H2,1-6H3/q+1. The molecule has 3 fully saturated rings. The molecule has 1 saturated carbocycles. The highest BCUT2D eigenvalue weighted by Crippen LogP contribution is 2.66. The first-order chi connectivity index (χ1) is 24.0. The molecule has 6 atom stereocenters. The molecular weight excluding hydrogens is 712 g/mol. The molecule has 3 N–H and O–H groups in total. The fourth-order valence-electron chi connectivity index (χ4n) is 10.0. The van der Waals surface area contributed by atoms with Gasteiger partial charge in [0, 0.05) is 54.1 Å². The highest BCUT2D eigenvalue weighted by Gasteiger charge is 2.65. The van der Waals surface area contributed by atoms with Crippen LogP contribution in [0.1, 0.15) is 88.7 Å². The maximum absolute atomic E-state index is 14.7. The van der Waals surface area contributed by atoms with Gasteiger partial charge in [-0.05, 0) is 95.4 Å². The minimum Gasteiger partial charge on any atom is -0.497 e. The minimum absolute atomic E-state index is 0.0373. The van der Waals surface area contributed by atoms with Crippen molar-refractivity contribution in [3.63, 3.8) is 0 Å². The maximum atomic E-state index is 14.7. The summed E-state index contributed by atoms with van der Waals surface area (Å²) in [4.78, 5) is 17.8. The molecule has 6 unspecified atom stereocenters. The van der Waals surface area contributed by atoms with E-state index in [0.717, 1.165) is 64.2 Å². The highest BCUT2D eigenvalue weighted by atomic mass is 79.9. The summed E-state index contributed by atoms with van der Waals surface area (Å²) >= 11 is 3.82. The minimum atomic E-state index is -1.46. The smallest absolute Gasteiger partial charge is 0.264 e. The molecule has 1 amide bonds. The van der Waals surface area contributed by atoms with Crippen LogP contribution in [-0.4, -0.2) is 92.1 Å². The number of methoxy groups -OCH3 is 1. The van der Waals surface area contributed by atoms with E-state index in [-0.39, 0.29) is 35.8 Å². The second-order valence-electron chi connectivity index (χ2n) is 15.9. The van der Waals surface area contributed by atoms with E-state index in [2.05, 4.69) is 89.4 Å². The van der Waals surface area contributed by atoms with Gasteiger partial charge in [-0.25, -0.2) is 14.6 Å². The van der Waals surface area contributed by atoms with Gasteiger partial charge in [-0.3, -0.25) is 10.1 Å². The number of aryl methyl sites for hydroxylation is 1. The molecule has 3 heterocycles. The number of aliphatic hydroxyl groups is 1. The number of hydrogen-bond acceptors (Lipinski definition) is 6.